The summed E-state index contributed by atoms with van der Waals surface area (Å²) in [4.78, 5) is 4.17. The number of rotatable bonds is 3. The minimum atomic E-state index is -4.55. The normalized spacial score (nSPS) is 16.2. The van der Waals surface area contributed by atoms with E-state index < -0.39 is 23.1 Å². The first kappa shape index (κ1) is 16.1. The third kappa shape index (κ3) is 2.68. The van der Waals surface area contributed by atoms with Crippen molar-refractivity contribution in [1.29, 1.82) is 0 Å². The number of hydrogen-bond acceptors (Lipinski definition) is 4. The van der Waals surface area contributed by atoms with Crippen LogP contribution in [0.4, 0.5) is 17.6 Å². The number of aromatic nitrogens is 4. The van der Waals surface area contributed by atoms with E-state index in [1.165, 1.54) is 12.1 Å². The smallest absolute Gasteiger partial charge is 0.332 e. The largest absolute Gasteiger partial charge is 0.432 e. The summed E-state index contributed by atoms with van der Waals surface area (Å²) in [6.07, 6.45) is -3.20. The van der Waals surface area contributed by atoms with E-state index in [-0.39, 0.29) is 22.4 Å². The summed E-state index contributed by atoms with van der Waals surface area (Å²) in [5.41, 5.74) is -1.08. The van der Waals surface area contributed by atoms with Crippen molar-refractivity contribution in [3.63, 3.8) is 0 Å². The van der Waals surface area contributed by atoms with Crippen molar-refractivity contribution < 1.29 is 22.1 Å². The number of H-pyrrole nitrogens is 1. The van der Waals surface area contributed by atoms with Gasteiger partial charge in [-0.3, -0.25) is 5.10 Å². The van der Waals surface area contributed by atoms with Crippen LogP contribution >= 0.6 is 11.6 Å². The minimum Gasteiger partial charge on any atom is -0.332 e. The van der Waals surface area contributed by atoms with Gasteiger partial charge in [0.25, 0.3) is 5.89 Å². The maximum atomic E-state index is 13.2. The van der Waals surface area contributed by atoms with Gasteiger partial charge in [-0.1, -0.05) is 22.8 Å². The third-order valence-electron chi connectivity index (χ3n) is 4.15. The SMILES string of the molecule is Fc1ccc(C2(c3noc(-c4cc(C(F)(F)F)[nH]n4)n3)CC2)c(Cl)c1. The second kappa shape index (κ2) is 5.29. The predicted molar refractivity (Wildman–Crippen MR) is 78.3 cm³/mol. The van der Waals surface area contributed by atoms with Crippen LogP contribution in [0.2, 0.25) is 5.02 Å². The number of alkyl halides is 3. The second-order valence-corrected chi connectivity index (χ2v) is 6.20. The first-order valence-corrected chi connectivity index (χ1v) is 7.60. The van der Waals surface area contributed by atoms with Crippen molar-refractivity contribution >= 4 is 11.6 Å². The first-order chi connectivity index (χ1) is 11.8. The van der Waals surface area contributed by atoms with Gasteiger partial charge in [0.2, 0.25) is 0 Å². The van der Waals surface area contributed by atoms with Gasteiger partial charge in [0.05, 0.1) is 5.41 Å². The molecule has 0 saturated heterocycles. The van der Waals surface area contributed by atoms with Crippen LogP contribution in [0.5, 0.6) is 0 Å². The van der Waals surface area contributed by atoms with Crippen LogP contribution in [0.15, 0.2) is 28.8 Å². The van der Waals surface area contributed by atoms with Crippen molar-refractivity contribution in [2.45, 2.75) is 24.4 Å². The number of nitrogens with zero attached hydrogens (tertiary/aromatic N) is 3. The number of nitrogens with one attached hydrogen (secondary N) is 1. The van der Waals surface area contributed by atoms with Crippen molar-refractivity contribution in [2.75, 3.05) is 0 Å². The van der Waals surface area contributed by atoms with Crippen LogP contribution < -0.4 is 0 Å². The Labute approximate surface area is 143 Å². The van der Waals surface area contributed by atoms with Crippen LogP contribution in [-0.4, -0.2) is 20.3 Å². The molecule has 1 saturated carbocycles. The topological polar surface area (TPSA) is 67.6 Å². The summed E-state index contributed by atoms with van der Waals surface area (Å²) in [6, 6.07) is 4.83. The van der Waals surface area contributed by atoms with Gasteiger partial charge in [-0.15, -0.1) is 0 Å². The molecule has 0 atom stereocenters. The molecule has 1 fully saturated rings. The van der Waals surface area contributed by atoms with Gasteiger partial charge in [0, 0.05) is 11.1 Å². The molecule has 5 nitrogen and oxygen atoms in total. The maximum absolute atomic E-state index is 13.2. The third-order valence-corrected chi connectivity index (χ3v) is 4.47. The fourth-order valence-electron chi connectivity index (χ4n) is 2.71. The molecular weight excluding hydrogens is 364 g/mol. The molecule has 0 amide bonds. The Morgan fingerprint density at radius 2 is 1.96 bits per heavy atom. The standard InChI is InChI=1S/C15H9ClF4N4O/c16-9-5-7(17)1-2-8(9)14(3-4-14)13-21-12(25-24-13)10-6-11(23-22-10)15(18,19)20/h1-2,5-6H,3-4H2,(H,22,23). The Balaban J connectivity index is 1.68. The summed E-state index contributed by atoms with van der Waals surface area (Å²) in [6.45, 7) is 0. The molecule has 2 heterocycles. The van der Waals surface area contributed by atoms with Gasteiger partial charge in [0.1, 0.15) is 11.5 Å². The monoisotopic (exact) mass is 372 g/mol. The average Bonchev–Trinajstić information content (AvgIpc) is 2.99. The zero-order valence-corrected chi connectivity index (χ0v) is 13.1. The highest BCUT2D eigenvalue weighted by Crippen LogP contribution is 2.54. The van der Waals surface area contributed by atoms with Crippen molar-refractivity contribution in [3.8, 4) is 11.6 Å². The van der Waals surface area contributed by atoms with Gasteiger partial charge < -0.3 is 4.52 Å². The molecule has 1 N–H and O–H groups in total. The average molecular weight is 373 g/mol. The van der Waals surface area contributed by atoms with Crippen LogP contribution in [0.3, 0.4) is 0 Å². The van der Waals surface area contributed by atoms with Gasteiger partial charge in [-0.05, 0) is 30.5 Å². The lowest BCUT2D eigenvalue weighted by Gasteiger charge is -2.12. The molecule has 4 rings (SSSR count). The Hall–Kier alpha value is -2.42. The van der Waals surface area contributed by atoms with Crippen molar-refractivity contribution in [1.82, 2.24) is 20.3 Å². The van der Waals surface area contributed by atoms with E-state index in [4.69, 9.17) is 16.1 Å². The number of halogens is 5. The zero-order valence-electron chi connectivity index (χ0n) is 12.4. The molecule has 10 heteroatoms. The summed E-state index contributed by atoms with van der Waals surface area (Å²) in [5.74, 6) is -0.312. The second-order valence-electron chi connectivity index (χ2n) is 5.79. The first-order valence-electron chi connectivity index (χ1n) is 7.22. The molecule has 130 valence electrons. The predicted octanol–water partition coefficient (Wildman–Crippen LogP) is 4.35. The van der Waals surface area contributed by atoms with Gasteiger partial charge >= 0.3 is 6.18 Å². The van der Waals surface area contributed by atoms with Crippen LogP contribution in [0.25, 0.3) is 11.6 Å². The summed E-state index contributed by atoms with van der Waals surface area (Å²) >= 11 is 6.11. The molecule has 0 bridgehead atoms. The van der Waals surface area contributed by atoms with Crippen LogP contribution in [-0.2, 0) is 11.6 Å². The van der Waals surface area contributed by atoms with Gasteiger partial charge in [0.15, 0.2) is 11.5 Å². The Morgan fingerprint density at radius 3 is 2.56 bits per heavy atom. The minimum absolute atomic E-state index is 0.105. The van der Waals surface area contributed by atoms with Gasteiger partial charge in [-0.25, -0.2) is 4.39 Å². The highest BCUT2D eigenvalue weighted by molar-refractivity contribution is 6.31. The number of benzene rings is 1. The summed E-state index contributed by atoms with van der Waals surface area (Å²) < 4.78 is 56.2. The zero-order chi connectivity index (χ0) is 17.8. The molecule has 2 aromatic heterocycles. The molecule has 0 aliphatic heterocycles. The Bertz CT molecular complexity index is 945. The lowest BCUT2D eigenvalue weighted by atomic mass is 9.95. The number of aromatic amines is 1. The molecule has 3 aromatic rings. The number of hydrogen-bond donors (Lipinski definition) is 1. The lowest BCUT2D eigenvalue weighted by Crippen LogP contribution is -2.11. The van der Waals surface area contributed by atoms with Crippen molar-refractivity contribution in [3.05, 3.63) is 52.2 Å². The van der Waals surface area contributed by atoms with E-state index >= 15 is 0 Å². The van der Waals surface area contributed by atoms with E-state index in [0.717, 1.165) is 6.07 Å². The molecule has 0 unspecified atom stereocenters. The van der Waals surface area contributed by atoms with Gasteiger partial charge in [-0.2, -0.15) is 23.3 Å². The highest BCUT2D eigenvalue weighted by Gasteiger charge is 2.51. The molecule has 1 aliphatic rings. The quantitative estimate of drug-likeness (QED) is 0.694. The molecule has 0 spiro atoms. The van der Waals surface area contributed by atoms with Crippen LogP contribution in [0.1, 0.15) is 29.9 Å². The maximum Gasteiger partial charge on any atom is 0.432 e. The molecule has 1 aliphatic carbocycles. The highest BCUT2D eigenvalue weighted by atomic mass is 35.5. The van der Waals surface area contributed by atoms with E-state index in [9.17, 15) is 17.6 Å². The fraction of sp³-hybridized carbons (Fsp3) is 0.267. The van der Waals surface area contributed by atoms with Crippen molar-refractivity contribution in [2.24, 2.45) is 0 Å². The summed E-state index contributed by atoms with van der Waals surface area (Å²) in [7, 11) is 0. The Kier molecular flexibility index (Phi) is 3.40. The van der Waals surface area contributed by atoms with E-state index in [1.807, 2.05) is 5.10 Å². The molecule has 0 radical (unpaired) electrons. The van der Waals surface area contributed by atoms with E-state index in [1.54, 1.807) is 6.07 Å². The molecular formula is C15H9ClF4N4O. The van der Waals surface area contributed by atoms with E-state index in [0.29, 0.717) is 18.4 Å². The molecule has 1 aromatic carbocycles. The molecule has 25 heavy (non-hydrogen) atoms. The Morgan fingerprint density at radius 1 is 1.20 bits per heavy atom. The summed E-state index contributed by atoms with van der Waals surface area (Å²) in [5, 5.41) is 9.55. The lowest BCUT2D eigenvalue weighted by molar-refractivity contribution is -0.141. The van der Waals surface area contributed by atoms with Crippen LogP contribution in [0, 0.1) is 5.82 Å². The fourth-order valence-corrected chi connectivity index (χ4v) is 3.06. The van der Waals surface area contributed by atoms with E-state index in [2.05, 4.69) is 15.2 Å².